The molecule has 0 unspecified atom stereocenters. The zero-order valence-electron chi connectivity index (χ0n) is 8.39. The summed E-state index contributed by atoms with van der Waals surface area (Å²) in [7, 11) is 0. The SMILES string of the molecule is c1ccc([C@H]2OCc3ccccc32)cc1. The largest absolute Gasteiger partial charge is 0.364 e. The van der Waals surface area contributed by atoms with Gasteiger partial charge in [-0.05, 0) is 16.7 Å². The van der Waals surface area contributed by atoms with Crippen molar-refractivity contribution in [3.05, 3.63) is 71.3 Å². The van der Waals surface area contributed by atoms with E-state index in [4.69, 9.17) is 4.74 Å². The van der Waals surface area contributed by atoms with Gasteiger partial charge in [0.1, 0.15) is 6.10 Å². The molecule has 0 aliphatic carbocycles. The van der Waals surface area contributed by atoms with E-state index in [1.165, 1.54) is 16.7 Å². The maximum atomic E-state index is 5.81. The second-order valence-electron chi connectivity index (χ2n) is 3.80. The lowest BCUT2D eigenvalue weighted by atomic mass is 10.00. The molecule has 0 saturated carbocycles. The van der Waals surface area contributed by atoms with Crippen LogP contribution in [0.15, 0.2) is 54.6 Å². The molecule has 0 bridgehead atoms. The van der Waals surface area contributed by atoms with E-state index >= 15 is 0 Å². The van der Waals surface area contributed by atoms with Crippen molar-refractivity contribution in [3.8, 4) is 0 Å². The molecule has 0 spiro atoms. The van der Waals surface area contributed by atoms with Crippen LogP contribution in [0.1, 0.15) is 22.8 Å². The molecular formula is C14H12O. The highest BCUT2D eigenvalue weighted by Crippen LogP contribution is 2.35. The predicted octanol–water partition coefficient (Wildman–Crippen LogP) is 3.31. The number of hydrogen-bond donors (Lipinski definition) is 0. The molecule has 0 saturated heterocycles. The van der Waals surface area contributed by atoms with Crippen LogP contribution in [-0.4, -0.2) is 0 Å². The average molecular weight is 196 g/mol. The summed E-state index contributed by atoms with van der Waals surface area (Å²) >= 11 is 0. The number of rotatable bonds is 1. The molecule has 1 atom stereocenters. The van der Waals surface area contributed by atoms with Crippen LogP contribution in [0, 0.1) is 0 Å². The highest BCUT2D eigenvalue weighted by Gasteiger charge is 2.23. The van der Waals surface area contributed by atoms with Crippen molar-refractivity contribution >= 4 is 0 Å². The fourth-order valence-corrected chi connectivity index (χ4v) is 2.09. The second kappa shape index (κ2) is 3.52. The van der Waals surface area contributed by atoms with Crippen LogP contribution >= 0.6 is 0 Å². The van der Waals surface area contributed by atoms with E-state index in [1.54, 1.807) is 0 Å². The van der Waals surface area contributed by atoms with Crippen LogP contribution in [0.3, 0.4) is 0 Å². The van der Waals surface area contributed by atoms with Gasteiger partial charge in [0.25, 0.3) is 0 Å². The summed E-state index contributed by atoms with van der Waals surface area (Å²) in [4.78, 5) is 0. The predicted molar refractivity (Wildman–Crippen MR) is 59.5 cm³/mol. The summed E-state index contributed by atoms with van der Waals surface area (Å²) in [6.45, 7) is 0.732. The van der Waals surface area contributed by atoms with Gasteiger partial charge in [-0.25, -0.2) is 0 Å². The fourth-order valence-electron chi connectivity index (χ4n) is 2.09. The minimum atomic E-state index is 0.127. The van der Waals surface area contributed by atoms with Crippen molar-refractivity contribution in [3.63, 3.8) is 0 Å². The highest BCUT2D eigenvalue weighted by atomic mass is 16.5. The molecule has 0 radical (unpaired) electrons. The molecule has 0 fully saturated rings. The maximum Gasteiger partial charge on any atom is 0.108 e. The first-order chi connectivity index (χ1) is 7.45. The third-order valence-electron chi connectivity index (χ3n) is 2.85. The molecule has 2 aromatic carbocycles. The highest BCUT2D eigenvalue weighted by molar-refractivity contribution is 5.38. The van der Waals surface area contributed by atoms with Gasteiger partial charge in [-0.3, -0.25) is 0 Å². The van der Waals surface area contributed by atoms with E-state index in [2.05, 4.69) is 48.5 Å². The molecule has 1 heteroatoms. The average Bonchev–Trinajstić information content (AvgIpc) is 2.74. The number of ether oxygens (including phenoxy) is 1. The van der Waals surface area contributed by atoms with Gasteiger partial charge >= 0.3 is 0 Å². The summed E-state index contributed by atoms with van der Waals surface area (Å²) in [5, 5.41) is 0. The van der Waals surface area contributed by atoms with Crippen LogP contribution < -0.4 is 0 Å². The van der Waals surface area contributed by atoms with Crippen LogP contribution in [0.4, 0.5) is 0 Å². The quantitative estimate of drug-likeness (QED) is 0.680. The Balaban J connectivity index is 2.05. The van der Waals surface area contributed by atoms with Crippen LogP contribution in [-0.2, 0) is 11.3 Å². The topological polar surface area (TPSA) is 9.23 Å². The summed E-state index contributed by atoms with van der Waals surface area (Å²) < 4.78 is 5.81. The first kappa shape index (κ1) is 8.69. The Bertz CT molecular complexity index is 462. The molecular weight excluding hydrogens is 184 g/mol. The Morgan fingerprint density at radius 1 is 0.867 bits per heavy atom. The van der Waals surface area contributed by atoms with Gasteiger partial charge < -0.3 is 4.74 Å². The van der Waals surface area contributed by atoms with Gasteiger partial charge in [0.2, 0.25) is 0 Å². The number of hydrogen-bond acceptors (Lipinski definition) is 1. The Labute approximate surface area is 89.3 Å². The smallest absolute Gasteiger partial charge is 0.108 e. The molecule has 74 valence electrons. The molecule has 3 rings (SSSR count). The molecule has 1 aliphatic rings. The molecule has 1 heterocycles. The molecule has 2 aromatic rings. The van der Waals surface area contributed by atoms with Crippen molar-refractivity contribution < 1.29 is 4.74 Å². The van der Waals surface area contributed by atoms with Crippen molar-refractivity contribution in [2.75, 3.05) is 0 Å². The zero-order valence-corrected chi connectivity index (χ0v) is 8.39. The number of benzene rings is 2. The van der Waals surface area contributed by atoms with E-state index in [0.717, 1.165) is 6.61 Å². The van der Waals surface area contributed by atoms with Crippen molar-refractivity contribution in [1.82, 2.24) is 0 Å². The third-order valence-corrected chi connectivity index (χ3v) is 2.85. The molecule has 15 heavy (non-hydrogen) atoms. The zero-order chi connectivity index (χ0) is 10.1. The standard InChI is InChI=1S/C14H12O/c1-2-6-11(7-3-1)14-13-9-5-4-8-12(13)10-15-14/h1-9,14H,10H2/t14-/m1/s1. The fraction of sp³-hybridized carbons (Fsp3) is 0.143. The maximum absolute atomic E-state index is 5.81. The Hall–Kier alpha value is -1.60. The Kier molecular flexibility index (Phi) is 2.04. The van der Waals surface area contributed by atoms with Crippen LogP contribution in [0.25, 0.3) is 0 Å². The van der Waals surface area contributed by atoms with E-state index in [9.17, 15) is 0 Å². The molecule has 1 aliphatic heterocycles. The van der Waals surface area contributed by atoms with Crippen molar-refractivity contribution in [2.45, 2.75) is 12.7 Å². The van der Waals surface area contributed by atoms with Gasteiger partial charge in [0.05, 0.1) is 6.61 Å². The summed E-state index contributed by atoms with van der Waals surface area (Å²) in [6.07, 6.45) is 0.127. The first-order valence-electron chi connectivity index (χ1n) is 5.19. The molecule has 0 aromatic heterocycles. The van der Waals surface area contributed by atoms with Crippen molar-refractivity contribution in [2.24, 2.45) is 0 Å². The van der Waals surface area contributed by atoms with Gasteiger partial charge in [-0.2, -0.15) is 0 Å². The van der Waals surface area contributed by atoms with Gasteiger partial charge in [-0.1, -0.05) is 54.6 Å². The van der Waals surface area contributed by atoms with Crippen molar-refractivity contribution in [1.29, 1.82) is 0 Å². The lowest BCUT2D eigenvalue weighted by Crippen LogP contribution is -1.97. The minimum absolute atomic E-state index is 0.127. The lowest BCUT2D eigenvalue weighted by molar-refractivity contribution is 0.0939. The minimum Gasteiger partial charge on any atom is -0.364 e. The summed E-state index contributed by atoms with van der Waals surface area (Å²) in [5.41, 5.74) is 3.86. The lowest BCUT2D eigenvalue weighted by Gasteiger charge is -2.10. The second-order valence-corrected chi connectivity index (χ2v) is 3.80. The molecule has 0 N–H and O–H groups in total. The monoisotopic (exact) mass is 196 g/mol. The third kappa shape index (κ3) is 1.45. The van der Waals surface area contributed by atoms with Gasteiger partial charge in [0.15, 0.2) is 0 Å². The molecule has 0 amide bonds. The Morgan fingerprint density at radius 2 is 1.60 bits per heavy atom. The summed E-state index contributed by atoms with van der Waals surface area (Å²) in [6, 6.07) is 18.8. The van der Waals surface area contributed by atoms with E-state index in [1.807, 2.05) is 6.07 Å². The first-order valence-corrected chi connectivity index (χ1v) is 5.19. The van der Waals surface area contributed by atoms with Crippen LogP contribution in [0.2, 0.25) is 0 Å². The summed E-state index contributed by atoms with van der Waals surface area (Å²) in [5.74, 6) is 0. The van der Waals surface area contributed by atoms with Crippen LogP contribution in [0.5, 0.6) is 0 Å². The normalized spacial score (nSPS) is 18.8. The van der Waals surface area contributed by atoms with Gasteiger partial charge in [-0.15, -0.1) is 0 Å². The van der Waals surface area contributed by atoms with E-state index in [-0.39, 0.29) is 6.10 Å². The Morgan fingerprint density at radius 3 is 2.47 bits per heavy atom. The van der Waals surface area contributed by atoms with E-state index < -0.39 is 0 Å². The van der Waals surface area contributed by atoms with E-state index in [0.29, 0.717) is 0 Å². The van der Waals surface area contributed by atoms with Gasteiger partial charge in [0, 0.05) is 0 Å². The molecule has 1 nitrogen and oxygen atoms in total. The number of fused-ring (bicyclic) bond motifs is 1.